The van der Waals surface area contributed by atoms with Crippen molar-refractivity contribution in [2.24, 2.45) is 17.8 Å². The Balaban J connectivity index is 2.61. The highest BCUT2D eigenvalue weighted by Crippen LogP contribution is 2.27. The lowest BCUT2D eigenvalue weighted by molar-refractivity contribution is 0.352. The maximum Gasteiger partial charge on any atom is 0.122 e. The number of hydrogen-bond acceptors (Lipinski definition) is 1. The molecule has 0 fully saturated rings. The maximum atomic E-state index is 5.44. The summed E-state index contributed by atoms with van der Waals surface area (Å²) >= 11 is 3.67. The zero-order chi connectivity index (χ0) is 14.3. The van der Waals surface area contributed by atoms with Gasteiger partial charge in [0.2, 0.25) is 0 Å². The van der Waals surface area contributed by atoms with Gasteiger partial charge in [-0.2, -0.15) is 0 Å². The molecule has 0 heterocycles. The highest BCUT2D eigenvalue weighted by atomic mass is 79.9. The summed E-state index contributed by atoms with van der Waals surface area (Å²) in [5.41, 5.74) is 1.33. The second kappa shape index (κ2) is 8.63. The van der Waals surface area contributed by atoms with Crippen LogP contribution < -0.4 is 4.74 Å². The van der Waals surface area contributed by atoms with Crippen LogP contribution >= 0.6 is 15.9 Å². The van der Waals surface area contributed by atoms with E-state index in [-0.39, 0.29) is 0 Å². The molecule has 0 aliphatic rings. The standard InChI is InChI=1S/C17H27BrO/c1-13(2)9-14(3)10-15(12-18)11-16-7-5-6-8-17(16)19-4/h5-8,13-15H,9-12H2,1-4H3. The van der Waals surface area contributed by atoms with Crippen LogP contribution in [0, 0.1) is 17.8 Å². The van der Waals surface area contributed by atoms with Crippen LogP contribution in [0.15, 0.2) is 24.3 Å². The van der Waals surface area contributed by atoms with Crippen molar-refractivity contribution in [3.8, 4) is 5.75 Å². The van der Waals surface area contributed by atoms with E-state index in [9.17, 15) is 0 Å². The summed E-state index contributed by atoms with van der Waals surface area (Å²) < 4.78 is 5.44. The van der Waals surface area contributed by atoms with Crippen LogP contribution in [0.1, 0.15) is 39.2 Å². The number of halogens is 1. The van der Waals surface area contributed by atoms with Crippen molar-refractivity contribution in [3.05, 3.63) is 29.8 Å². The van der Waals surface area contributed by atoms with E-state index in [0.717, 1.165) is 29.3 Å². The Hall–Kier alpha value is -0.500. The molecule has 0 saturated heterocycles. The lowest BCUT2D eigenvalue weighted by atomic mass is 9.87. The van der Waals surface area contributed by atoms with E-state index in [1.165, 1.54) is 18.4 Å². The molecule has 19 heavy (non-hydrogen) atoms. The first-order chi connectivity index (χ1) is 9.06. The molecule has 0 spiro atoms. The Kier molecular flexibility index (Phi) is 7.52. The van der Waals surface area contributed by atoms with Crippen molar-refractivity contribution in [2.75, 3.05) is 12.4 Å². The lowest BCUT2D eigenvalue weighted by Gasteiger charge is -2.21. The van der Waals surface area contributed by atoms with Gasteiger partial charge in [0.05, 0.1) is 7.11 Å². The molecular weight excluding hydrogens is 300 g/mol. The third-order valence-electron chi connectivity index (χ3n) is 3.53. The van der Waals surface area contributed by atoms with Gasteiger partial charge in [0.25, 0.3) is 0 Å². The molecule has 2 unspecified atom stereocenters. The molecule has 1 aromatic carbocycles. The zero-order valence-electron chi connectivity index (χ0n) is 12.7. The highest BCUT2D eigenvalue weighted by molar-refractivity contribution is 9.09. The van der Waals surface area contributed by atoms with E-state index in [4.69, 9.17) is 4.74 Å². The van der Waals surface area contributed by atoms with Crippen LogP contribution in [0.4, 0.5) is 0 Å². The summed E-state index contributed by atoms with van der Waals surface area (Å²) in [6.07, 6.45) is 3.69. The molecule has 0 aromatic heterocycles. The molecule has 1 nitrogen and oxygen atoms in total. The summed E-state index contributed by atoms with van der Waals surface area (Å²) in [6.45, 7) is 6.98. The number of hydrogen-bond donors (Lipinski definition) is 0. The largest absolute Gasteiger partial charge is 0.496 e. The van der Waals surface area contributed by atoms with E-state index in [1.54, 1.807) is 7.11 Å². The molecule has 0 radical (unpaired) electrons. The molecule has 0 bridgehead atoms. The van der Waals surface area contributed by atoms with E-state index in [0.29, 0.717) is 5.92 Å². The molecule has 0 aliphatic carbocycles. The van der Waals surface area contributed by atoms with Gasteiger partial charge in [-0.05, 0) is 48.6 Å². The average Bonchev–Trinajstić information content (AvgIpc) is 2.37. The number of benzene rings is 1. The predicted molar refractivity (Wildman–Crippen MR) is 87.2 cm³/mol. The highest BCUT2D eigenvalue weighted by Gasteiger charge is 2.15. The van der Waals surface area contributed by atoms with Crippen molar-refractivity contribution in [3.63, 3.8) is 0 Å². The van der Waals surface area contributed by atoms with Gasteiger partial charge < -0.3 is 4.74 Å². The molecule has 1 rings (SSSR count). The Morgan fingerprint density at radius 2 is 1.79 bits per heavy atom. The molecule has 0 N–H and O–H groups in total. The number of rotatable bonds is 8. The quantitative estimate of drug-likeness (QED) is 0.587. The average molecular weight is 327 g/mol. The van der Waals surface area contributed by atoms with Crippen LogP contribution in [-0.2, 0) is 6.42 Å². The molecule has 2 heteroatoms. The molecule has 0 aliphatic heterocycles. The smallest absolute Gasteiger partial charge is 0.122 e. The fourth-order valence-corrected chi connectivity index (χ4v) is 3.35. The normalized spacial score (nSPS) is 14.4. The molecular formula is C17H27BrO. The van der Waals surface area contributed by atoms with E-state index in [2.05, 4.69) is 54.9 Å². The van der Waals surface area contributed by atoms with Crippen molar-refractivity contribution >= 4 is 15.9 Å². The van der Waals surface area contributed by atoms with E-state index >= 15 is 0 Å². The Morgan fingerprint density at radius 1 is 1.11 bits per heavy atom. The number of methoxy groups -OCH3 is 1. The lowest BCUT2D eigenvalue weighted by Crippen LogP contribution is -2.13. The zero-order valence-corrected chi connectivity index (χ0v) is 14.2. The monoisotopic (exact) mass is 326 g/mol. The second-order valence-electron chi connectivity index (χ2n) is 6.01. The van der Waals surface area contributed by atoms with Gasteiger partial charge in [0, 0.05) is 5.33 Å². The van der Waals surface area contributed by atoms with E-state index < -0.39 is 0 Å². The van der Waals surface area contributed by atoms with Crippen LogP contribution in [0.3, 0.4) is 0 Å². The SMILES string of the molecule is COc1ccccc1CC(CBr)CC(C)CC(C)C. The van der Waals surface area contributed by atoms with Crippen molar-refractivity contribution in [2.45, 2.75) is 40.0 Å². The Bertz CT molecular complexity index is 362. The summed E-state index contributed by atoms with van der Waals surface area (Å²) in [4.78, 5) is 0. The number of alkyl halides is 1. The molecule has 108 valence electrons. The Labute approximate surface area is 126 Å². The summed E-state index contributed by atoms with van der Waals surface area (Å²) in [5.74, 6) is 3.28. The summed E-state index contributed by atoms with van der Waals surface area (Å²) in [6, 6.07) is 8.37. The van der Waals surface area contributed by atoms with Gasteiger partial charge in [-0.15, -0.1) is 0 Å². The van der Waals surface area contributed by atoms with Crippen LogP contribution in [0.2, 0.25) is 0 Å². The number of para-hydroxylation sites is 1. The minimum absolute atomic E-state index is 0.685. The van der Waals surface area contributed by atoms with Crippen molar-refractivity contribution in [1.29, 1.82) is 0 Å². The third-order valence-corrected chi connectivity index (χ3v) is 4.44. The third kappa shape index (κ3) is 5.99. The van der Waals surface area contributed by atoms with Gasteiger partial charge in [0.1, 0.15) is 5.75 Å². The minimum atomic E-state index is 0.685. The van der Waals surface area contributed by atoms with Crippen LogP contribution in [0.5, 0.6) is 5.75 Å². The van der Waals surface area contributed by atoms with Gasteiger partial charge in [-0.1, -0.05) is 54.9 Å². The number of ether oxygens (including phenoxy) is 1. The molecule has 2 atom stereocenters. The maximum absolute atomic E-state index is 5.44. The fourth-order valence-electron chi connectivity index (χ4n) is 2.85. The molecule has 0 saturated carbocycles. The van der Waals surface area contributed by atoms with Gasteiger partial charge in [-0.3, -0.25) is 0 Å². The first-order valence-corrected chi connectivity index (χ1v) is 8.36. The predicted octanol–water partition coefficient (Wildman–Crippen LogP) is 5.32. The molecule has 1 aromatic rings. The Morgan fingerprint density at radius 3 is 2.37 bits per heavy atom. The van der Waals surface area contributed by atoms with Gasteiger partial charge in [-0.25, -0.2) is 0 Å². The minimum Gasteiger partial charge on any atom is -0.496 e. The summed E-state index contributed by atoms with van der Waals surface area (Å²) in [5, 5.41) is 1.06. The van der Waals surface area contributed by atoms with E-state index in [1.807, 2.05) is 6.07 Å². The first-order valence-electron chi connectivity index (χ1n) is 7.24. The second-order valence-corrected chi connectivity index (χ2v) is 6.65. The van der Waals surface area contributed by atoms with Gasteiger partial charge in [0.15, 0.2) is 0 Å². The first kappa shape index (κ1) is 16.6. The van der Waals surface area contributed by atoms with Crippen molar-refractivity contribution in [1.82, 2.24) is 0 Å². The topological polar surface area (TPSA) is 9.23 Å². The van der Waals surface area contributed by atoms with Crippen LogP contribution in [0.25, 0.3) is 0 Å². The fraction of sp³-hybridized carbons (Fsp3) is 0.647. The van der Waals surface area contributed by atoms with Crippen molar-refractivity contribution < 1.29 is 4.74 Å². The van der Waals surface area contributed by atoms with Crippen LogP contribution in [-0.4, -0.2) is 12.4 Å². The summed E-state index contributed by atoms with van der Waals surface area (Å²) in [7, 11) is 1.75. The van der Waals surface area contributed by atoms with Gasteiger partial charge >= 0.3 is 0 Å². The molecule has 0 amide bonds.